The minimum atomic E-state index is -3.21. The highest BCUT2D eigenvalue weighted by Gasteiger charge is 2.28. The van der Waals surface area contributed by atoms with Gasteiger partial charge in [-0.1, -0.05) is 24.6 Å². The fourth-order valence-corrected chi connectivity index (χ4v) is 5.55. The summed E-state index contributed by atoms with van der Waals surface area (Å²) in [6.07, 6.45) is 0.898. The summed E-state index contributed by atoms with van der Waals surface area (Å²) in [7, 11) is 0. The van der Waals surface area contributed by atoms with Gasteiger partial charge in [0.1, 0.15) is 0 Å². The van der Waals surface area contributed by atoms with Gasteiger partial charge in [0.25, 0.3) is 0 Å². The highest BCUT2D eigenvalue weighted by Crippen LogP contribution is 2.61. The van der Waals surface area contributed by atoms with Crippen LogP contribution < -0.4 is 4.52 Å². The molecule has 0 bridgehead atoms. The van der Waals surface area contributed by atoms with Gasteiger partial charge in [0, 0.05) is 5.75 Å². The van der Waals surface area contributed by atoms with E-state index in [9.17, 15) is 4.57 Å². The number of hydrogen-bond donors (Lipinski definition) is 0. The van der Waals surface area contributed by atoms with Gasteiger partial charge in [-0.05, 0) is 52.8 Å². The van der Waals surface area contributed by atoms with Crippen LogP contribution in [-0.4, -0.2) is 12.4 Å². The quantitative estimate of drug-likeness (QED) is 0.568. The average Bonchev–Trinajstić information content (AvgIpc) is 2.32. The van der Waals surface area contributed by atoms with Crippen molar-refractivity contribution in [3.63, 3.8) is 0 Å². The standard InChI is InChI=1S/C11H15BrClO3PS/c1-3-8-18-17(14,15-4-2)16-11-9(12)6-5-7-10(11)13/h5-7H,3-4,8H2,1-2H3. The molecule has 0 radical (unpaired) electrons. The van der Waals surface area contributed by atoms with Gasteiger partial charge in [-0.15, -0.1) is 0 Å². The number of para-hydroxylation sites is 1. The number of halogens is 2. The summed E-state index contributed by atoms with van der Waals surface area (Å²) < 4.78 is 23.9. The Bertz CT molecular complexity index is 424. The molecule has 0 fully saturated rings. The molecule has 0 amide bonds. The zero-order valence-corrected chi connectivity index (χ0v) is 14.2. The van der Waals surface area contributed by atoms with Crippen molar-refractivity contribution in [3.8, 4) is 5.75 Å². The Morgan fingerprint density at radius 3 is 2.72 bits per heavy atom. The van der Waals surface area contributed by atoms with E-state index in [0.717, 1.165) is 6.42 Å². The Morgan fingerprint density at radius 2 is 2.17 bits per heavy atom. The predicted molar refractivity (Wildman–Crippen MR) is 81.8 cm³/mol. The van der Waals surface area contributed by atoms with Crippen LogP contribution in [0.4, 0.5) is 0 Å². The van der Waals surface area contributed by atoms with Gasteiger partial charge < -0.3 is 4.52 Å². The largest absolute Gasteiger partial charge is 0.440 e. The van der Waals surface area contributed by atoms with Gasteiger partial charge in [-0.3, -0.25) is 4.52 Å². The van der Waals surface area contributed by atoms with Crippen LogP contribution in [0.3, 0.4) is 0 Å². The summed E-state index contributed by atoms with van der Waals surface area (Å²) in [5, 5.41) is 0.404. The lowest BCUT2D eigenvalue weighted by molar-refractivity contribution is 0.296. The fourth-order valence-electron chi connectivity index (χ4n) is 1.13. The lowest BCUT2D eigenvalue weighted by atomic mass is 10.3. The Hall–Kier alpha value is 0.330. The molecule has 1 aromatic carbocycles. The van der Waals surface area contributed by atoms with Crippen molar-refractivity contribution in [2.75, 3.05) is 12.4 Å². The number of hydrogen-bond acceptors (Lipinski definition) is 4. The van der Waals surface area contributed by atoms with Gasteiger partial charge in [0.2, 0.25) is 0 Å². The number of benzene rings is 1. The molecule has 1 rings (SSSR count). The van der Waals surface area contributed by atoms with E-state index < -0.39 is 6.80 Å². The molecule has 0 aliphatic carbocycles. The van der Waals surface area contributed by atoms with Crippen molar-refractivity contribution < 1.29 is 13.6 Å². The van der Waals surface area contributed by atoms with Crippen LogP contribution in [0.1, 0.15) is 20.3 Å². The maximum absolute atomic E-state index is 12.5. The van der Waals surface area contributed by atoms with E-state index in [-0.39, 0.29) is 0 Å². The molecule has 18 heavy (non-hydrogen) atoms. The third-order valence-corrected chi connectivity index (χ3v) is 6.71. The molecule has 0 aliphatic heterocycles. The van der Waals surface area contributed by atoms with E-state index in [4.69, 9.17) is 20.6 Å². The first-order chi connectivity index (χ1) is 8.52. The van der Waals surface area contributed by atoms with Crippen molar-refractivity contribution in [1.82, 2.24) is 0 Å². The molecule has 1 unspecified atom stereocenters. The fraction of sp³-hybridized carbons (Fsp3) is 0.455. The summed E-state index contributed by atoms with van der Waals surface area (Å²) in [4.78, 5) is 0. The first-order valence-electron chi connectivity index (χ1n) is 5.55. The normalized spacial score (nSPS) is 14.2. The van der Waals surface area contributed by atoms with Crippen molar-refractivity contribution in [2.24, 2.45) is 0 Å². The van der Waals surface area contributed by atoms with Crippen LogP contribution in [0.15, 0.2) is 22.7 Å². The lowest BCUT2D eigenvalue weighted by Gasteiger charge is -2.18. The van der Waals surface area contributed by atoms with Crippen LogP contribution in [0.25, 0.3) is 0 Å². The summed E-state index contributed by atoms with van der Waals surface area (Å²) in [5.41, 5.74) is 0. The van der Waals surface area contributed by atoms with Crippen molar-refractivity contribution in [3.05, 3.63) is 27.7 Å². The van der Waals surface area contributed by atoms with E-state index in [2.05, 4.69) is 15.9 Å². The van der Waals surface area contributed by atoms with E-state index >= 15 is 0 Å². The minimum absolute atomic E-state index is 0.329. The molecule has 0 saturated heterocycles. The lowest BCUT2D eigenvalue weighted by Crippen LogP contribution is -1.97. The Kier molecular flexibility index (Phi) is 7.11. The molecule has 3 nitrogen and oxygen atoms in total. The van der Waals surface area contributed by atoms with E-state index in [1.165, 1.54) is 11.4 Å². The maximum atomic E-state index is 12.5. The maximum Gasteiger partial charge on any atom is 0.440 e. The minimum Gasteiger partial charge on any atom is -0.414 e. The SMILES string of the molecule is CCCSP(=O)(OCC)Oc1c(Cl)cccc1Br. The second-order valence-corrected chi connectivity index (χ2v) is 8.72. The van der Waals surface area contributed by atoms with Crippen molar-refractivity contribution in [1.29, 1.82) is 0 Å². The number of rotatable bonds is 7. The van der Waals surface area contributed by atoms with Gasteiger partial charge in [-0.25, -0.2) is 4.57 Å². The first-order valence-corrected chi connectivity index (χ1v) is 9.85. The van der Waals surface area contributed by atoms with E-state index in [1.54, 1.807) is 25.1 Å². The zero-order chi connectivity index (χ0) is 13.6. The van der Waals surface area contributed by atoms with Gasteiger partial charge in [-0.2, -0.15) is 0 Å². The first kappa shape index (κ1) is 16.4. The topological polar surface area (TPSA) is 35.5 Å². The van der Waals surface area contributed by atoms with Crippen molar-refractivity contribution >= 4 is 45.7 Å². The molecule has 0 aliphatic rings. The molecule has 0 heterocycles. The van der Waals surface area contributed by atoms with E-state index in [0.29, 0.717) is 27.6 Å². The third-order valence-electron chi connectivity index (χ3n) is 1.86. The Labute approximate surface area is 125 Å². The summed E-state index contributed by atoms with van der Waals surface area (Å²) in [6.45, 7) is 0.911. The van der Waals surface area contributed by atoms with E-state index in [1.807, 2.05) is 6.92 Å². The predicted octanol–water partition coefficient (Wildman–Crippen LogP) is 5.77. The van der Waals surface area contributed by atoms with Crippen molar-refractivity contribution in [2.45, 2.75) is 20.3 Å². The molecule has 0 N–H and O–H groups in total. The summed E-state index contributed by atoms with van der Waals surface area (Å²) in [5.74, 6) is 1.07. The highest BCUT2D eigenvalue weighted by molar-refractivity contribution is 9.10. The molecular formula is C11H15BrClO3PS. The van der Waals surface area contributed by atoms with Gasteiger partial charge >= 0.3 is 6.80 Å². The summed E-state index contributed by atoms with van der Waals surface area (Å²) in [6, 6.07) is 5.24. The molecule has 0 aromatic heterocycles. The molecule has 102 valence electrons. The summed E-state index contributed by atoms with van der Waals surface area (Å²) >= 11 is 10.5. The Balaban J connectivity index is 2.92. The van der Waals surface area contributed by atoms with Crippen LogP contribution in [0.2, 0.25) is 5.02 Å². The average molecular weight is 374 g/mol. The van der Waals surface area contributed by atoms with Gasteiger partial charge in [0.05, 0.1) is 16.1 Å². The van der Waals surface area contributed by atoms with Crippen LogP contribution in [-0.2, 0) is 9.09 Å². The molecular weight excluding hydrogens is 359 g/mol. The molecule has 7 heteroatoms. The second-order valence-electron chi connectivity index (χ2n) is 3.34. The van der Waals surface area contributed by atoms with Crippen LogP contribution >= 0.6 is 45.7 Å². The second kappa shape index (κ2) is 7.81. The monoisotopic (exact) mass is 372 g/mol. The zero-order valence-electron chi connectivity index (χ0n) is 10.2. The Morgan fingerprint density at radius 1 is 1.44 bits per heavy atom. The molecule has 0 saturated carbocycles. The third kappa shape index (κ3) is 4.78. The van der Waals surface area contributed by atoms with Crippen LogP contribution in [0, 0.1) is 0 Å². The molecule has 1 atom stereocenters. The highest BCUT2D eigenvalue weighted by atomic mass is 79.9. The smallest absolute Gasteiger partial charge is 0.414 e. The molecule has 0 spiro atoms. The molecule has 1 aromatic rings. The van der Waals surface area contributed by atoms with Crippen LogP contribution in [0.5, 0.6) is 5.75 Å². The van der Waals surface area contributed by atoms with Gasteiger partial charge in [0.15, 0.2) is 5.75 Å².